The van der Waals surface area contributed by atoms with Gasteiger partial charge in [0.05, 0.1) is 12.7 Å². The number of hydrogen-bond acceptors (Lipinski definition) is 7. The van der Waals surface area contributed by atoms with Crippen LogP contribution in [-0.4, -0.2) is 32.3 Å². The molecular weight excluding hydrogens is 272 g/mol. The molecule has 0 saturated carbocycles. The van der Waals surface area contributed by atoms with E-state index in [1.54, 1.807) is 24.5 Å². The van der Waals surface area contributed by atoms with Gasteiger partial charge in [0, 0.05) is 12.4 Å². The van der Waals surface area contributed by atoms with Gasteiger partial charge in [-0.3, -0.25) is 0 Å². The number of rotatable bonds is 3. The van der Waals surface area contributed by atoms with E-state index in [0.29, 0.717) is 17.1 Å². The van der Waals surface area contributed by atoms with Crippen molar-refractivity contribution in [1.82, 2.24) is 20.1 Å². The quantitative estimate of drug-likeness (QED) is 0.787. The highest BCUT2D eigenvalue weighted by molar-refractivity contribution is 5.65. The number of aromatic hydroxyl groups is 1. The lowest BCUT2D eigenvalue weighted by molar-refractivity contribution is 0.408. The van der Waals surface area contributed by atoms with E-state index >= 15 is 0 Å². The van der Waals surface area contributed by atoms with Crippen LogP contribution in [0.15, 0.2) is 35.1 Å². The Balaban J connectivity index is 2.00. The number of hydrogen-bond donors (Lipinski definition) is 1. The summed E-state index contributed by atoms with van der Waals surface area (Å²) in [4.78, 5) is 12.5. The number of ether oxygens (including phenoxy) is 1. The zero-order valence-corrected chi connectivity index (χ0v) is 11.4. The summed E-state index contributed by atoms with van der Waals surface area (Å²) in [7, 11) is 1.54. The summed E-state index contributed by atoms with van der Waals surface area (Å²) in [5.41, 5.74) is 1.33. The molecule has 2 aromatic heterocycles. The summed E-state index contributed by atoms with van der Waals surface area (Å²) < 4.78 is 10.3. The highest BCUT2D eigenvalue weighted by atomic mass is 16.5. The van der Waals surface area contributed by atoms with Gasteiger partial charge in [-0.25, -0.2) is 9.97 Å². The number of phenols is 1. The Morgan fingerprint density at radius 1 is 1.14 bits per heavy atom. The van der Waals surface area contributed by atoms with Crippen LogP contribution in [0, 0.1) is 6.92 Å². The fourth-order valence-electron chi connectivity index (χ4n) is 1.75. The van der Waals surface area contributed by atoms with Crippen molar-refractivity contribution in [2.45, 2.75) is 6.92 Å². The van der Waals surface area contributed by atoms with E-state index in [2.05, 4.69) is 20.1 Å². The lowest BCUT2D eigenvalue weighted by Crippen LogP contribution is -1.91. The molecule has 21 heavy (non-hydrogen) atoms. The highest BCUT2D eigenvalue weighted by Gasteiger charge is 2.16. The summed E-state index contributed by atoms with van der Waals surface area (Å²) in [5.74, 6) is 1.39. The Morgan fingerprint density at radius 2 is 1.90 bits per heavy atom. The Kier molecular flexibility index (Phi) is 3.23. The largest absolute Gasteiger partial charge is 0.507 e. The number of aromatic nitrogens is 4. The van der Waals surface area contributed by atoms with Gasteiger partial charge in [0.1, 0.15) is 11.5 Å². The second-order valence-corrected chi connectivity index (χ2v) is 4.39. The smallest absolute Gasteiger partial charge is 0.262 e. The first-order valence-corrected chi connectivity index (χ1v) is 6.17. The molecule has 0 saturated heterocycles. The molecule has 106 valence electrons. The fraction of sp³-hybridized carbons (Fsp3) is 0.143. The van der Waals surface area contributed by atoms with Gasteiger partial charge in [-0.15, -0.1) is 0 Å². The first-order valence-electron chi connectivity index (χ1n) is 6.17. The minimum absolute atomic E-state index is 0.0239. The normalized spacial score (nSPS) is 10.6. The van der Waals surface area contributed by atoms with Crippen molar-refractivity contribution in [2.24, 2.45) is 0 Å². The molecule has 0 amide bonds. The molecule has 2 heterocycles. The van der Waals surface area contributed by atoms with Gasteiger partial charge in [-0.1, -0.05) is 5.16 Å². The third-order valence-corrected chi connectivity index (χ3v) is 2.84. The maximum absolute atomic E-state index is 9.89. The van der Waals surface area contributed by atoms with Crippen LogP contribution in [-0.2, 0) is 0 Å². The molecule has 3 rings (SSSR count). The minimum Gasteiger partial charge on any atom is -0.507 e. The number of aryl methyl sites for hydroxylation is 1. The number of methoxy groups -OCH3 is 1. The van der Waals surface area contributed by atoms with Crippen LogP contribution in [0.4, 0.5) is 0 Å². The van der Waals surface area contributed by atoms with Crippen LogP contribution in [0.25, 0.3) is 23.1 Å². The summed E-state index contributed by atoms with van der Waals surface area (Å²) >= 11 is 0. The van der Waals surface area contributed by atoms with Crippen LogP contribution >= 0.6 is 0 Å². The van der Waals surface area contributed by atoms with Crippen molar-refractivity contribution in [2.75, 3.05) is 7.11 Å². The van der Waals surface area contributed by atoms with E-state index in [-0.39, 0.29) is 17.5 Å². The zero-order valence-electron chi connectivity index (χ0n) is 11.4. The number of benzene rings is 1. The van der Waals surface area contributed by atoms with Crippen molar-refractivity contribution in [3.05, 3.63) is 36.2 Å². The van der Waals surface area contributed by atoms with E-state index < -0.39 is 0 Å². The standard InChI is InChI=1S/C14H12N4O3/c1-8-6-15-12(16-7-8)13-17-14(21-18-13)10-5-9(20-2)3-4-11(10)19/h3-7,19H,1-2H3. The summed E-state index contributed by atoms with van der Waals surface area (Å²) in [6, 6.07) is 4.75. The van der Waals surface area contributed by atoms with E-state index in [9.17, 15) is 5.11 Å². The lowest BCUT2D eigenvalue weighted by atomic mass is 10.2. The average molecular weight is 284 g/mol. The fourth-order valence-corrected chi connectivity index (χ4v) is 1.75. The van der Waals surface area contributed by atoms with Crippen molar-refractivity contribution >= 4 is 0 Å². The van der Waals surface area contributed by atoms with Gasteiger partial charge < -0.3 is 14.4 Å². The molecular formula is C14H12N4O3. The maximum Gasteiger partial charge on any atom is 0.262 e. The van der Waals surface area contributed by atoms with E-state index in [1.165, 1.54) is 13.2 Å². The predicted octanol–water partition coefficient (Wildman–Crippen LogP) is 2.22. The highest BCUT2D eigenvalue weighted by Crippen LogP contribution is 2.32. The Hall–Kier alpha value is -2.96. The van der Waals surface area contributed by atoms with E-state index in [0.717, 1.165) is 5.56 Å². The third kappa shape index (κ3) is 2.53. The molecule has 0 aliphatic rings. The molecule has 0 atom stereocenters. The summed E-state index contributed by atoms with van der Waals surface area (Å²) in [6.45, 7) is 1.89. The maximum atomic E-state index is 9.89. The number of phenolic OH excluding ortho intramolecular Hbond substituents is 1. The van der Waals surface area contributed by atoms with E-state index in [1.807, 2.05) is 6.92 Å². The molecule has 0 radical (unpaired) electrons. The molecule has 0 aliphatic heterocycles. The monoisotopic (exact) mass is 284 g/mol. The Morgan fingerprint density at radius 3 is 2.62 bits per heavy atom. The molecule has 0 unspecified atom stereocenters. The van der Waals surface area contributed by atoms with Crippen LogP contribution in [0.1, 0.15) is 5.56 Å². The van der Waals surface area contributed by atoms with Gasteiger partial charge in [-0.05, 0) is 30.7 Å². The van der Waals surface area contributed by atoms with Gasteiger partial charge >= 0.3 is 0 Å². The van der Waals surface area contributed by atoms with Crippen LogP contribution in [0.5, 0.6) is 11.5 Å². The topological polar surface area (TPSA) is 94.2 Å². The molecule has 0 bridgehead atoms. The van der Waals surface area contributed by atoms with Crippen LogP contribution < -0.4 is 4.74 Å². The SMILES string of the molecule is COc1ccc(O)c(-c2nc(-c3ncc(C)cn3)no2)c1. The lowest BCUT2D eigenvalue weighted by Gasteiger charge is -2.02. The second-order valence-electron chi connectivity index (χ2n) is 4.39. The zero-order chi connectivity index (χ0) is 14.8. The van der Waals surface area contributed by atoms with Gasteiger partial charge in [0.25, 0.3) is 5.89 Å². The first-order chi connectivity index (χ1) is 10.2. The molecule has 3 aromatic rings. The minimum atomic E-state index is 0.0239. The molecule has 7 heteroatoms. The average Bonchev–Trinajstić information content (AvgIpc) is 2.98. The van der Waals surface area contributed by atoms with Crippen molar-refractivity contribution in [3.63, 3.8) is 0 Å². The molecule has 1 N–H and O–H groups in total. The molecule has 0 spiro atoms. The van der Waals surface area contributed by atoms with Crippen molar-refractivity contribution in [1.29, 1.82) is 0 Å². The molecule has 0 aliphatic carbocycles. The summed E-state index contributed by atoms with van der Waals surface area (Å²) in [6.07, 6.45) is 3.34. The van der Waals surface area contributed by atoms with Gasteiger partial charge in [-0.2, -0.15) is 4.98 Å². The number of nitrogens with zero attached hydrogens (tertiary/aromatic N) is 4. The third-order valence-electron chi connectivity index (χ3n) is 2.84. The second kappa shape index (κ2) is 5.20. The first kappa shape index (κ1) is 13.0. The van der Waals surface area contributed by atoms with E-state index in [4.69, 9.17) is 9.26 Å². The molecule has 1 aromatic carbocycles. The Bertz CT molecular complexity index is 768. The van der Waals surface area contributed by atoms with Crippen molar-refractivity contribution in [3.8, 4) is 34.6 Å². The van der Waals surface area contributed by atoms with Crippen molar-refractivity contribution < 1.29 is 14.4 Å². The van der Waals surface area contributed by atoms with Gasteiger partial charge in [0.15, 0.2) is 0 Å². The predicted molar refractivity (Wildman–Crippen MR) is 73.7 cm³/mol. The Labute approximate surface area is 120 Å². The van der Waals surface area contributed by atoms with Crippen LogP contribution in [0.3, 0.4) is 0 Å². The molecule has 0 fully saturated rings. The summed E-state index contributed by atoms with van der Waals surface area (Å²) in [5, 5.41) is 13.7. The van der Waals surface area contributed by atoms with Crippen LogP contribution in [0.2, 0.25) is 0 Å². The molecule has 7 nitrogen and oxygen atoms in total. The van der Waals surface area contributed by atoms with Gasteiger partial charge in [0.2, 0.25) is 11.6 Å².